The molecule has 0 N–H and O–H groups in total. The molecule has 0 fully saturated rings. The van der Waals surface area contributed by atoms with Crippen LogP contribution < -0.4 is 0 Å². The maximum Gasteiger partial charge on any atom is 0.334 e. The van der Waals surface area contributed by atoms with Gasteiger partial charge in [0.25, 0.3) is 0 Å². The van der Waals surface area contributed by atoms with E-state index in [9.17, 15) is 9.59 Å². The molecule has 0 amide bonds. The van der Waals surface area contributed by atoms with Gasteiger partial charge in [-0.15, -0.1) is 0 Å². The molecular weight excluding hydrogens is 292 g/mol. The number of hydrogen-bond donors (Lipinski definition) is 0. The number of allylic oxidation sites excluding steroid dienone is 3. The second-order valence-electron chi connectivity index (χ2n) is 5.92. The molecule has 23 heavy (non-hydrogen) atoms. The van der Waals surface area contributed by atoms with Crippen molar-refractivity contribution in [3.05, 3.63) is 35.6 Å². The second kappa shape index (κ2) is 8.70. The van der Waals surface area contributed by atoms with Crippen molar-refractivity contribution in [3.8, 4) is 0 Å². The number of ketones is 1. The molecule has 2 unspecified atom stereocenters. The van der Waals surface area contributed by atoms with Gasteiger partial charge < -0.3 is 9.47 Å². The predicted octanol–water partition coefficient (Wildman–Crippen LogP) is 4.12. The molecule has 0 aliphatic carbocycles. The van der Waals surface area contributed by atoms with E-state index in [2.05, 4.69) is 19.9 Å². The Morgan fingerprint density at radius 1 is 1.35 bits per heavy atom. The predicted molar refractivity (Wildman–Crippen MR) is 90.8 cm³/mol. The summed E-state index contributed by atoms with van der Waals surface area (Å²) in [4.78, 5) is 22.7. The number of esters is 1. The van der Waals surface area contributed by atoms with Crippen LogP contribution in [0.25, 0.3) is 0 Å². The van der Waals surface area contributed by atoms with Gasteiger partial charge in [-0.1, -0.05) is 26.8 Å². The molecule has 0 aromatic heterocycles. The first-order chi connectivity index (χ1) is 10.9. The quantitative estimate of drug-likeness (QED) is 0.498. The van der Waals surface area contributed by atoms with Gasteiger partial charge in [0.05, 0.1) is 13.2 Å². The number of carbonyl (C=O) groups is 2. The van der Waals surface area contributed by atoms with Gasteiger partial charge in [0.1, 0.15) is 11.4 Å². The summed E-state index contributed by atoms with van der Waals surface area (Å²) in [5, 5.41) is 0. The Kier molecular flexibility index (Phi) is 7.27. The average Bonchev–Trinajstić information content (AvgIpc) is 2.89. The molecule has 0 aromatic carbocycles. The lowest BCUT2D eigenvalue weighted by Crippen LogP contribution is -2.28. The summed E-state index contributed by atoms with van der Waals surface area (Å²) < 4.78 is 10.9. The summed E-state index contributed by atoms with van der Waals surface area (Å²) >= 11 is 0. The first-order valence-corrected chi connectivity index (χ1v) is 8.29. The van der Waals surface area contributed by atoms with Crippen molar-refractivity contribution in [2.45, 2.75) is 59.0 Å². The largest absolute Gasteiger partial charge is 0.483 e. The van der Waals surface area contributed by atoms with Crippen molar-refractivity contribution in [1.29, 1.82) is 0 Å². The van der Waals surface area contributed by atoms with Crippen LogP contribution in [0.1, 0.15) is 53.4 Å². The summed E-state index contributed by atoms with van der Waals surface area (Å²) in [6.07, 6.45) is 10.5. The Hall–Kier alpha value is -1.84. The molecule has 1 aliphatic rings. The van der Waals surface area contributed by atoms with Crippen molar-refractivity contribution >= 4 is 11.8 Å². The highest BCUT2D eigenvalue weighted by atomic mass is 16.5. The Balaban J connectivity index is 3.01. The van der Waals surface area contributed by atoms with E-state index in [1.54, 1.807) is 13.0 Å². The highest BCUT2D eigenvalue weighted by Gasteiger charge is 2.37. The van der Waals surface area contributed by atoms with Crippen molar-refractivity contribution in [2.75, 3.05) is 7.11 Å². The molecule has 128 valence electrons. The summed E-state index contributed by atoms with van der Waals surface area (Å²) in [6.45, 7) is 7.77. The molecule has 0 saturated heterocycles. The van der Waals surface area contributed by atoms with E-state index in [4.69, 9.17) is 9.47 Å². The van der Waals surface area contributed by atoms with E-state index in [1.807, 2.05) is 13.0 Å². The van der Waals surface area contributed by atoms with Gasteiger partial charge >= 0.3 is 5.97 Å². The third-order valence-corrected chi connectivity index (χ3v) is 4.23. The van der Waals surface area contributed by atoms with Gasteiger partial charge in [-0.05, 0) is 56.3 Å². The van der Waals surface area contributed by atoms with Crippen molar-refractivity contribution in [2.24, 2.45) is 5.92 Å². The molecule has 4 heteroatoms. The smallest absolute Gasteiger partial charge is 0.334 e. The fourth-order valence-corrected chi connectivity index (χ4v) is 2.75. The monoisotopic (exact) mass is 320 g/mol. The molecule has 0 radical (unpaired) electrons. The third kappa shape index (κ3) is 5.38. The number of ether oxygens (including phenoxy) is 2. The van der Waals surface area contributed by atoms with Gasteiger partial charge in [-0.3, -0.25) is 4.79 Å². The van der Waals surface area contributed by atoms with Gasteiger partial charge in [0.15, 0.2) is 5.78 Å². The van der Waals surface area contributed by atoms with Crippen molar-refractivity contribution < 1.29 is 19.1 Å². The van der Waals surface area contributed by atoms with Crippen LogP contribution in [0.15, 0.2) is 35.6 Å². The first-order valence-electron chi connectivity index (χ1n) is 8.29. The van der Waals surface area contributed by atoms with Crippen molar-refractivity contribution in [3.63, 3.8) is 0 Å². The number of methoxy groups -OCH3 is 1. The van der Waals surface area contributed by atoms with Crippen LogP contribution in [-0.4, -0.2) is 24.5 Å². The molecule has 0 bridgehead atoms. The molecule has 1 heterocycles. The number of hydrogen-bond acceptors (Lipinski definition) is 4. The summed E-state index contributed by atoms with van der Waals surface area (Å²) in [6, 6.07) is 0. The molecule has 2 atom stereocenters. The minimum Gasteiger partial charge on any atom is -0.483 e. The fraction of sp³-hybridized carbons (Fsp3) is 0.579. The fourth-order valence-electron chi connectivity index (χ4n) is 2.75. The van der Waals surface area contributed by atoms with E-state index in [1.165, 1.54) is 13.2 Å². The normalized spacial score (nSPS) is 23.7. The van der Waals surface area contributed by atoms with E-state index in [0.29, 0.717) is 5.76 Å². The molecule has 0 aromatic rings. The zero-order valence-electron chi connectivity index (χ0n) is 14.8. The zero-order valence-corrected chi connectivity index (χ0v) is 14.8. The van der Waals surface area contributed by atoms with Crippen LogP contribution in [0.4, 0.5) is 0 Å². The average molecular weight is 320 g/mol. The zero-order chi connectivity index (χ0) is 17.5. The maximum absolute atomic E-state index is 11.5. The van der Waals surface area contributed by atoms with Gasteiger partial charge in [0, 0.05) is 0 Å². The summed E-state index contributed by atoms with van der Waals surface area (Å²) in [7, 11) is 1.36. The van der Waals surface area contributed by atoms with Crippen LogP contribution in [0.3, 0.4) is 0 Å². The maximum atomic E-state index is 11.5. The second-order valence-corrected chi connectivity index (χ2v) is 5.92. The molecular formula is C19H28O4. The highest BCUT2D eigenvalue weighted by Crippen LogP contribution is 2.40. The standard InChI is InChI=1S/C19H28O4/c1-6-15(10-9-14(4)20)12-19(8-3)13-16(7-2)17(23-19)11-18(21)22-5/h9-11,13,15H,6-8,12H2,1-5H3/b10-9+,17-11-. The summed E-state index contributed by atoms with van der Waals surface area (Å²) in [5.74, 6) is 0.504. The number of rotatable bonds is 8. The Morgan fingerprint density at radius 2 is 2.04 bits per heavy atom. The van der Waals surface area contributed by atoms with Crippen LogP contribution in [-0.2, 0) is 19.1 Å². The van der Waals surface area contributed by atoms with E-state index in [-0.39, 0.29) is 11.7 Å². The molecule has 4 nitrogen and oxygen atoms in total. The molecule has 1 aliphatic heterocycles. The Morgan fingerprint density at radius 3 is 2.52 bits per heavy atom. The third-order valence-electron chi connectivity index (χ3n) is 4.23. The minimum absolute atomic E-state index is 0.0532. The Labute approximate surface area is 139 Å². The van der Waals surface area contributed by atoms with Gasteiger partial charge in [-0.2, -0.15) is 0 Å². The highest BCUT2D eigenvalue weighted by molar-refractivity contribution is 5.87. The molecule has 0 saturated carbocycles. The number of carbonyl (C=O) groups excluding carboxylic acids is 2. The molecule has 1 rings (SSSR count). The van der Waals surface area contributed by atoms with Gasteiger partial charge in [-0.25, -0.2) is 4.79 Å². The van der Waals surface area contributed by atoms with E-state index in [0.717, 1.165) is 31.3 Å². The summed E-state index contributed by atoms with van der Waals surface area (Å²) in [5.41, 5.74) is 0.607. The lowest BCUT2D eigenvalue weighted by atomic mass is 9.86. The van der Waals surface area contributed by atoms with Gasteiger partial charge in [0.2, 0.25) is 0 Å². The van der Waals surface area contributed by atoms with Crippen molar-refractivity contribution in [1.82, 2.24) is 0 Å². The Bertz CT molecular complexity index is 527. The minimum atomic E-state index is -0.424. The van der Waals surface area contributed by atoms with Crippen LogP contribution >= 0.6 is 0 Å². The van der Waals surface area contributed by atoms with Crippen LogP contribution in [0.2, 0.25) is 0 Å². The molecule has 0 spiro atoms. The van der Waals surface area contributed by atoms with E-state index < -0.39 is 11.6 Å². The lowest BCUT2D eigenvalue weighted by Gasteiger charge is -2.29. The lowest BCUT2D eigenvalue weighted by molar-refractivity contribution is -0.135. The van der Waals surface area contributed by atoms with Crippen LogP contribution in [0, 0.1) is 5.92 Å². The first kappa shape index (κ1) is 19.2. The SMILES string of the molecule is CCC1=CC(CC)(CC(/C=C/C(C)=O)CC)O/C1=C\C(=O)OC. The van der Waals surface area contributed by atoms with E-state index >= 15 is 0 Å². The topological polar surface area (TPSA) is 52.6 Å². The van der Waals surface area contributed by atoms with Crippen LogP contribution in [0.5, 0.6) is 0 Å².